The maximum Gasteiger partial charge on any atom is 0.408 e. The molecule has 0 radical (unpaired) electrons. The molecule has 8 aliphatic carbocycles. The SMILES string of the molecule is CC(C)(C)OC(=O)N[C@@H](CCCCNC(=O)OC1C2CC3CC(C2)CC1C3)C(=O)N[C@@H](CCC(N)=O)C(=O)N[C@@H](CCCCNC(=O)OC1C2CC3CC(C2)CC1C3)C(=O)OCc1ccccc1. The van der Waals surface area contributed by atoms with Crippen LogP contribution in [0.3, 0.4) is 0 Å². The average Bonchev–Trinajstić information content (AvgIpc) is 3.27. The average molecular weight is 949 g/mol. The summed E-state index contributed by atoms with van der Waals surface area (Å²) in [6, 6.07) is 5.45. The topological polar surface area (TPSA) is 243 Å². The zero-order chi connectivity index (χ0) is 48.4. The van der Waals surface area contributed by atoms with Crippen LogP contribution in [0, 0.1) is 47.3 Å². The van der Waals surface area contributed by atoms with Crippen molar-refractivity contribution in [3.63, 3.8) is 0 Å². The molecule has 0 unspecified atom stereocenters. The predicted molar refractivity (Wildman–Crippen MR) is 250 cm³/mol. The summed E-state index contributed by atoms with van der Waals surface area (Å²) in [5.41, 5.74) is 5.37. The summed E-state index contributed by atoms with van der Waals surface area (Å²) in [7, 11) is 0. The lowest BCUT2D eigenvalue weighted by atomic mass is 9.55. The molecule has 0 aromatic heterocycles. The Bertz CT molecular complexity index is 1870. The van der Waals surface area contributed by atoms with Crippen LogP contribution in [0.5, 0.6) is 0 Å². The third kappa shape index (κ3) is 14.7. The van der Waals surface area contributed by atoms with Crippen LogP contribution in [0.2, 0.25) is 0 Å². The lowest BCUT2D eigenvalue weighted by molar-refractivity contribution is -0.149. The molecule has 7 N–H and O–H groups in total. The van der Waals surface area contributed by atoms with Gasteiger partial charge in [0.2, 0.25) is 17.7 Å². The summed E-state index contributed by atoms with van der Waals surface area (Å²) in [5, 5.41) is 13.8. The second kappa shape index (κ2) is 23.5. The molecule has 17 nitrogen and oxygen atoms in total. The Kier molecular flexibility index (Phi) is 17.5. The van der Waals surface area contributed by atoms with Gasteiger partial charge in [-0.25, -0.2) is 19.2 Å². The molecule has 8 aliphatic rings. The van der Waals surface area contributed by atoms with Gasteiger partial charge in [0.05, 0.1) is 0 Å². The molecule has 9 rings (SSSR count). The van der Waals surface area contributed by atoms with E-state index in [4.69, 9.17) is 24.7 Å². The van der Waals surface area contributed by atoms with Crippen LogP contribution in [0.4, 0.5) is 14.4 Å². The number of amides is 6. The predicted octanol–water partition coefficient (Wildman–Crippen LogP) is 6.30. The number of carbonyl (C=O) groups is 7. The third-order valence-electron chi connectivity index (χ3n) is 15.3. The zero-order valence-electron chi connectivity index (χ0n) is 40.3. The highest BCUT2D eigenvalue weighted by molar-refractivity contribution is 5.93. The largest absolute Gasteiger partial charge is 0.459 e. The number of ether oxygens (including phenoxy) is 4. The zero-order valence-corrected chi connectivity index (χ0v) is 40.3. The molecule has 8 saturated carbocycles. The molecule has 0 saturated heterocycles. The number of nitrogens with two attached hydrogens (primary N) is 1. The minimum absolute atomic E-state index is 0.0385. The number of primary amides is 1. The minimum Gasteiger partial charge on any atom is -0.459 e. The second-order valence-corrected chi connectivity index (χ2v) is 21.9. The van der Waals surface area contributed by atoms with Crippen molar-refractivity contribution in [1.82, 2.24) is 26.6 Å². The fourth-order valence-corrected chi connectivity index (χ4v) is 12.7. The van der Waals surface area contributed by atoms with Gasteiger partial charge in [-0.05, 0) is 183 Å². The van der Waals surface area contributed by atoms with Crippen molar-refractivity contribution >= 4 is 42.0 Å². The van der Waals surface area contributed by atoms with E-state index in [-0.39, 0.29) is 44.5 Å². The molecule has 1 aromatic carbocycles. The normalized spacial score (nSPS) is 28.6. The Balaban J connectivity index is 0.918. The first kappa shape index (κ1) is 50.8. The Hall–Kier alpha value is -5.09. The number of unbranched alkanes of at least 4 members (excludes halogenated alkanes) is 2. The molecular weight excluding hydrogens is 873 g/mol. The summed E-state index contributed by atoms with van der Waals surface area (Å²) in [6.45, 7) is 5.62. The van der Waals surface area contributed by atoms with Gasteiger partial charge in [0.15, 0.2) is 0 Å². The van der Waals surface area contributed by atoms with Crippen LogP contribution in [-0.4, -0.2) is 91.0 Å². The number of esters is 1. The van der Waals surface area contributed by atoms with Crippen LogP contribution >= 0.6 is 0 Å². The summed E-state index contributed by atoms with van der Waals surface area (Å²) in [5.74, 6) is 1.93. The van der Waals surface area contributed by atoms with Crippen molar-refractivity contribution in [2.75, 3.05) is 13.1 Å². The molecule has 17 heteroatoms. The lowest BCUT2D eigenvalue weighted by Crippen LogP contribution is -2.56. The van der Waals surface area contributed by atoms with E-state index in [0.29, 0.717) is 62.4 Å². The number of benzene rings is 1. The Morgan fingerprint density at radius 2 is 1.01 bits per heavy atom. The maximum absolute atomic E-state index is 14.0. The van der Waals surface area contributed by atoms with Gasteiger partial charge in [-0.2, -0.15) is 0 Å². The Labute approximate surface area is 400 Å². The number of hydrogen-bond acceptors (Lipinski definition) is 11. The highest BCUT2D eigenvalue weighted by Crippen LogP contribution is 2.55. The molecule has 8 bridgehead atoms. The maximum atomic E-state index is 14.0. The van der Waals surface area contributed by atoms with E-state index in [1.807, 2.05) is 18.2 Å². The fourth-order valence-electron chi connectivity index (χ4n) is 12.7. The fraction of sp³-hybridized carbons (Fsp3) is 0.745. The number of carbonyl (C=O) groups excluding carboxylic acids is 7. The molecule has 6 amide bonds. The van der Waals surface area contributed by atoms with Crippen molar-refractivity contribution in [2.24, 2.45) is 53.1 Å². The van der Waals surface area contributed by atoms with Gasteiger partial charge in [0, 0.05) is 19.5 Å². The first-order valence-corrected chi connectivity index (χ1v) is 25.5. The van der Waals surface area contributed by atoms with Gasteiger partial charge < -0.3 is 51.3 Å². The molecule has 8 fully saturated rings. The monoisotopic (exact) mass is 949 g/mol. The number of hydrogen-bond donors (Lipinski definition) is 6. The van der Waals surface area contributed by atoms with Gasteiger partial charge in [-0.1, -0.05) is 30.3 Å². The van der Waals surface area contributed by atoms with E-state index in [9.17, 15) is 33.6 Å². The molecule has 3 atom stereocenters. The Morgan fingerprint density at radius 3 is 1.47 bits per heavy atom. The van der Waals surface area contributed by atoms with E-state index in [1.165, 1.54) is 12.8 Å². The van der Waals surface area contributed by atoms with Gasteiger partial charge in [0.25, 0.3) is 0 Å². The number of nitrogens with one attached hydrogen (secondary N) is 5. The van der Waals surface area contributed by atoms with Crippen LogP contribution in [-0.2, 0) is 44.7 Å². The van der Waals surface area contributed by atoms with Gasteiger partial charge >= 0.3 is 24.2 Å². The van der Waals surface area contributed by atoms with Crippen LogP contribution in [0.25, 0.3) is 0 Å². The van der Waals surface area contributed by atoms with Crippen molar-refractivity contribution in [3.05, 3.63) is 35.9 Å². The van der Waals surface area contributed by atoms with Gasteiger partial charge in [-0.3, -0.25) is 14.4 Å². The first-order valence-electron chi connectivity index (χ1n) is 25.5. The highest BCUT2D eigenvalue weighted by Gasteiger charge is 2.51. The molecule has 1 aromatic rings. The summed E-state index contributed by atoms with van der Waals surface area (Å²) >= 11 is 0. The highest BCUT2D eigenvalue weighted by atomic mass is 16.6. The molecule has 0 spiro atoms. The van der Waals surface area contributed by atoms with E-state index in [1.54, 1.807) is 32.9 Å². The number of rotatable bonds is 23. The van der Waals surface area contributed by atoms with Crippen molar-refractivity contribution in [2.45, 2.75) is 179 Å². The molecule has 0 aliphatic heterocycles. The molecule has 0 heterocycles. The van der Waals surface area contributed by atoms with Crippen molar-refractivity contribution in [3.8, 4) is 0 Å². The molecule has 68 heavy (non-hydrogen) atoms. The second-order valence-electron chi connectivity index (χ2n) is 21.9. The van der Waals surface area contributed by atoms with Crippen molar-refractivity contribution < 1.29 is 52.5 Å². The Morgan fingerprint density at radius 1 is 0.574 bits per heavy atom. The van der Waals surface area contributed by atoms with Gasteiger partial charge in [-0.15, -0.1) is 0 Å². The molecular formula is C51H76N6O11. The third-order valence-corrected chi connectivity index (χ3v) is 15.3. The van der Waals surface area contributed by atoms with E-state index in [2.05, 4.69) is 26.6 Å². The van der Waals surface area contributed by atoms with Crippen LogP contribution in [0.1, 0.15) is 142 Å². The standard InChI is InChI=1S/C51H76N6O11/c1-51(2,3)68-50(64)57-39(13-7-9-17-53-48(62)66-43-35-21-31-19-32(23-35)24-36(43)22-31)45(59)55-40(15-16-42(52)58)46(60)56-41(47(61)65-29-30-11-5-4-6-12-30)14-8-10-18-54-49(63)67-44-37-25-33-20-34(27-37)28-38(44)26-33/h4-6,11-12,31-41,43-44H,7-10,13-29H2,1-3H3,(H2,52,58)(H,53,62)(H,54,63)(H,55,59)(H,56,60)(H,57,64)/t31?,32?,33?,34?,35?,36?,37?,38?,39-,40-,41-,43?,44?/m0/s1. The molecule has 376 valence electrons. The summed E-state index contributed by atoms with van der Waals surface area (Å²) in [4.78, 5) is 92.3. The smallest absolute Gasteiger partial charge is 0.408 e. The van der Waals surface area contributed by atoms with Crippen LogP contribution in [0.15, 0.2) is 30.3 Å². The van der Waals surface area contributed by atoms with Crippen molar-refractivity contribution in [1.29, 1.82) is 0 Å². The number of alkyl carbamates (subject to hydrolysis) is 3. The summed E-state index contributed by atoms with van der Waals surface area (Å²) < 4.78 is 23.0. The lowest BCUT2D eigenvalue weighted by Gasteiger charge is -2.53. The first-order chi connectivity index (χ1) is 32.5. The minimum atomic E-state index is -1.33. The van der Waals surface area contributed by atoms with Gasteiger partial charge in [0.1, 0.15) is 42.5 Å². The summed E-state index contributed by atoms with van der Waals surface area (Å²) in [6.07, 6.45) is 11.4. The van der Waals surface area contributed by atoms with E-state index in [0.717, 1.165) is 80.6 Å². The quantitative estimate of drug-likeness (QED) is 0.0404. The van der Waals surface area contributed by atoms with E-state index < -0.39 is 65.7 Å². The van der Waals surface area contributed by atoms with E-state index >= 15 is 0 Å². The van der Waals surface area contributed by atoms with Crippen LogP contribution < -0.4 is 32.3 Å².